The third-order valence-electron chi connectivity index (χ3n) is 3.88. The van der Waals surface area contributed by atoms with Crippen molar-refractivity contribution in [3.05, 3.63) is 54.4 Å². The number of aromatic nitrogens is 2. The molecule has 1 fully saturated rings. The van der Waals surface area contributed by atoms with Crippen molar-refractivity contribution in [1.82, 2.24) is 14.9 Å². The highest BCUT2D eigenvalue weighted by molar-refractivity contribution is 5.43. The summed E-state index contributed by atoms with van der Waals surface area (Å²) in [5, 5.41) is 3.28. The molecule has 0 aliphatic carbocycles. The standard InChI is InChI=1S/C16H19FN4/c17-15-11-19-8-3-16(15)20-14-4-9-21(10-5-14)12-13-1-6-18-7-2-13/h1-3,6-8,11,14H,4-5,9-10,12H2,(H,19,20). The SMILES string of the molecule is Fc1cnccc1NC1CCN(Cc2ccncc2)CC1. The van der Waals surface area contributed by atoms with Crippen LogP contribution in [0.25, 0.3) is 0 Å². The second-order valence-electron chi connectivity index (χ2n) is 5.41. The first kappa shape index (κ1) is 13.9. The molecule has 0 aromatic carbocycles. The topological polar surface area (TPSA) is 41.1 Å². The molecular weight excluding hydrogens is 267 g/mol. The first-order valence-corrected chi connectivity index (χ1v) is 7.28. The number of pyridine rings is 2. The molecule has 1 aliphatic rings. The molecule has 110 valence electrons. The zero-order valence-corrected chi connectivity index (χ0v) is 11.9. The van der Waals surface area contributed by atoms with Crippen LogP contribution in [0.5, 0.6) is 0 Å². The van der Waals surface area contributed by atoms with Gasteiger partial charge >= 0.3 is 0 Å². The van der Waals surface area contributed by atoms with E-state index in [4.69, 9.17) is 0 Å². The zero-order valence-electron chi connectivity index (χ0n) is 11.9. The van der Waals surface area contributed by atoms with Crippen LogP contribution >= 0.6 is 0 Å². The third kappa shape index (κ3) is 3.76. The van der Waals surface area contributed by atoms with Crippen molar-refractivity contribution >= 4 is 5.69 Å². The Kier molecular flexibility index (Phi) is 4.40. The Balaban J connectivity index is 1.50. The summed E-state index contributed by atoms with van der Waals surface area (Å²) in [6, 6.07) is 6.13. The molecule has 0 saturated carbocycles. The number of nitrogens with zero attached hydrogens (tertiary/aromatic N) is 3. The van der Waals surface area contributed by atoms with Gasteiger partial charge in [0.2, 0.25) is 0 Å². The van der Waals surface area contributed by atoms with E-state index in [1.54, 1.807) is 12.3 Å². The first-order valence-electron chi connectivity index (χ1n) is 7.28. The van der Waals surface area contributed by atoms with Gasteiger partial charge in [0.25, 0.3) is 0 Å². The highest BCUT2D eigenvalue weighted by atomic mass is 19.1. The van der Waals surface area contributed by atoms with Gasteiger partial charge in [0, 0.05) is 44.3 Å². The molecule has 1 N–H and O–H groups in total. The number of hydrogen-bond acceptors (Lipinski definition) is 4. The number of halogens is 1. The van der Waals surface area contributed by atoms with Gasteiger partial charge in [-0.2, -0.15) is 0 Å². The minimum atomic E-state index is -0.281. The molecule has 0 bridgehead atoms. The Morgan fingerprint density at radius 2 is 1.81 bits per heavy atom. The maximum atomic E-state index is 13.6. The molecule has 0 atom stereocenters. The van der Waals surface area contributed by atoms with E-state index in [1.165, 1.54) is 11.8 Å². The zero-order chi connectivity index (χ0) is 14.5. The van der Waals surface area contributed by atoms with Gasteiger partial charge in [0.15, 0.2) is 5.82 Å². The summed E-state index contributed by atoms with van der Waals surface area (Å²) in [6.07, 6.45) is 8.57. The first-order chi connectivity index (χ1) is 10.3. The van der Waals surface area contributed by atoms with Crippen LogP contribution in [-0.4, -0.2) is 34.0 Å². The number of anilines is 1. The monoisotopic (exact) mass is 286 g/mol. The summed E-state index contributed by atoms with van der Waals surface area (Å²) in [5.74, 6) is -0.281. The van der Waals surface area contributed by atoms with Crippen LogP contribution in [0, 0.1) is 5.82 Å². The fourth-order valence-corrected chi connectivity index (χ4v) is 2.69. The van der Waals surface area contributed by atoms with Gasteiger partial charge in [0.1, 0.15) is 0 Å². The van der Waals surface area contributed by atoms with E-state index in [-0.39, 0.29) is 5.82 Å². The fourth-order valence-electron chi connectivity index (χ4n) is 2.69. The number of piperidine rings is 1. The van der Waals surface area contributed by atoms with Crippen molar-refractivity contribution in [3.63, 3.8) is 0 Å². The van der Waals surface area contributed by atoms with Gasteiger partial charge in [0.05, 0.1) is 11.9 Å². The van der Waals surface area contributed by atoms with Crippen molar-refractivity contribution in [2.45, 2.75) is 25.4 Å². The van der Waals surface area contributed by atoms with Crippen LogP contribution in [0.2, 0.25) is 0 Å². The van der Waals surface area contributed by atoms with Crippen molar-refractivity contribution in [2.75, 3.05) is 18.4 Å². The van der Waals surface area contributed by atoms with Gasteiger partial charge in [-0.05, 0) is 36.6 Å². The van der Waals surface area contributed by atoms with Crippen LogP contribution in [0.1, 0.15) is 18.4 Å². The molecule has 2 aromatic heterocycles. The molecule has 3 heterocycles. The summed E-state index contributed by atoms with van der Waals surface area (Å²) in [4.78, 5) is 10.2. The minimum Gasteiger partial charge on any atom is -0.380 e. The van der Waals surface area contributed by atoms with E-state index in [0.717, 1.165) is 32.5 Å². The normalized spacial score (nSPS) is 16.8. The van der Waals surface area contributed by atoms with Crippen molar-refractivity contribution < 1.29 is 4.39 Å². The Morgan fingerprint density at radius 3 is 2.52 bits per heavy atom. The second kappa shape index (κ2) is 6.63. The van der Waals surface area contributed by atoms with E-state index >= 15 is 0 Å². The van der Waals surface area contributed by atoms with Crippen LogP contribution in [0.3, 0.4) is 0 Å². The molecule has 0 amide bonds. The van der Waals surface area contributed by atoms with Crippen molar-refractivity contribution in [3.8, 4) is 0 Å². The second-order valence-corrected chi connectivity index (χ2v) is 5.41. The average Bonchev–Trinajstić information content (AvgIpc) is 2.52. The van der Waals surface area contributed by atoms with Crippen molar-refractivity contribution in [2.24, 2.45) is 0 Å². The number of rotatable bonds is 4. The molecule has 1 saturated heterocycles. The highest BCUT2D eigenvalue weighted by Gasteiger charge is 2.19. The predicted octanol–water partition coefficient (Wildman–Crippen LogP) is 2.69. The summed E-state index contributed by atoms with van der Waals surface area (Å²) in [6.45, 7) is 3.00. The van der Waals surface area contributed by atoms with Gasteiger partial charge < -0.3 is 5.32 Å². The van der Waals surface area contributed by atoms with Crippen LogP contribution in [0.15, 0.2) is 43.0 Å². The summed E-state index contributed by atoms with van der Waals surface area (Å²) in [5.41, 5.74) is 1.84. The Hall–Kier alpha value is -2.01. The highest BCUT2D eigenvalue weighted by Crippen LogP contribution is 2.19. The quantitative estimate of drug-likeness (QED) is 0.938. The summed E-state index contributed by atoms with van der Waals surface area (Å²) >= 11 is 0. The van der Waals surface area contributed by atoms with Crippen molar-refractivity contribution in [1.29, 1.82) is 0 Å². The van der Waals surface area contributed by atoms with Gasteiger partial charge in [-0.25, -0.2) is 4.39 Å². The Bertz CT molecular complexity index is 567. The van der Waals surface area contributed by atoms with Gasteiger partial charge in [-0.3, -0.25) is 14.9 Å². The lowest BCUT2D eigenvalue weighted by Gasteiger charge is -2.32. The van der Waals surface area contributed by atoms with Gasteiger partial charge in [-0.15, -0.1) is 0 Å². The third-order valence-corrected chi connectivity index (χ3v) is 3.88. The summed E-state index contributed by atoms with van der Waals surface area (Å²) < 4.78 is 13.6. The maximum absolute atomic E-state index is 13.6. The van der Waals surface area contributed by atoms with E-state index in [1.807, 2.05) is 12.4 Å². The maximum Gasteiger partial charge on any atom is 0.164 e. The molecule has 5 heteroatoms. The largest absolute Gasteiger partial charge is 0.380 e. The minimum absolute atomic E-state index is 0.281. The lowest BCUT2D eigenvalue weighted by molar-refractivity contribution is 0.211. The molecule has 4 nitrogen and oxygen atoms in total. The van der Waals surface area contributed by atoms with E-state index < -0.39 is 0 Å². The lowest BCUT2D eigenvalue weighted by Crippen LogP contribution is -2.38. The molecule has 0 unspecified atom stereocenters. The molecule has 2 aromatic rings. The molecule has 1 aliphatic heterocycles. The van der Waals surface area contributed by atoms with Crippen LogP contribution < -0.4 is 5.32 Å². The van der Waals surface area contributed by atoms with Gasteiger partial charge in [-0.1, -0.05) is 0 Å². The number of likely N-dealkylation sites (tertiary alicyclic amines) is 1. The lowest BCUT2D eigenvalue weighted by atomic mass is 10.0. The smallest absolute Gasteiger partial charge is 0.164 e. The molecule has 21 heavy (non-hydrogen) atoms. The Morgan fingerprint density at radius 1 is 1.10 bits per heavy atom. The number of nitrogens with one attached hydrogen (secondary N) is 1. The van der Waals surface area contributed by atoms with E-state index in [2.05, 4.69) is 32.3 Å². The number of hydrogen-bond donors (Lipinski definition) is 1. The average molecular weight is 286 g/mol. The molecular formula is C16H19FN4. The molecule has 3 rings (SSSR count). The summed E-state index contributed by atoms with van der Waals surface area (Å²) in [7, 11) is 0. The molecule has 0 radical (unpaired) electrons. The Labute approximate surface area is 124 Å². The predicted molar refractivity (Wildman–Crippen MR) is 80.4 cm³/mol. The van der Waals surface area contributed by atoms with Crippen LogP contribution in [-0.2, 0) is 6.54 Å². The van der Waals surface area contributed by atoms with E-state index in [0.29, 0.717) is 11.7 Å². The van der Waals surface area contributed by atoms with E-state index in [9.17, 15) is 4.39 Å². The fraction of sp³-hybridized carbons (Fsp3) is 0.375. The molecule has 0 spiro atoms. The van der Waals surface area contributed by atoms with Crippen LogP contribution in [0.4, 0.5) is 10.1 Å².